The van der Waals surface area contributed by atoms with Gasteiger partial charge < -0.3 is 10.2 Å². The van der Waals surface area contributed by atoms with Crippen molar-refractivity contribution in [1.82, 2.24) is 10.2 Å². The van der Waals surface area contributed by atoms with Crippen LogP contribution in [0.15, 0.2) is 0 Å². The Labute approximate surface area is 63.6 Å². The monoisotopic (exact) mass is 142 g/mol. The SMILES string of the molecule is CNCC1CCN(C)[C@H]1C. The third-order valence-corrected chi connectivity index (χ3v) is 2.70. The second-order valence-corrected chi connectivity index (χ2v) is 3.33. The van der Waals surface area contributed by atoms with E-state index < -0.39 is 0 Å². The lowest BCUT2D eigenvalue weighted by Crippen LogP contribution is -2.30. The summed E-state index contributed by atoms with van der Waals surface area (Å²) in [5.74, 6) is 0.870. The van der Waals surface area contributed by atoms with Gasteiger partial charge in [0.1, 0.15) is 0 Å². The van der Waals surface area contributed by atoms with Crippen molar-refractivity contribution in [2.45, 2.75) is 19.4 Å². The van der Waals surface area contributed by atoms with Crippen LogP contribution in [0, 0.1) is 5.92 Å². The lowest BCUT2D eigenvalue weighted by atomic mass is 10.0. The van der Waals surface area contributed by atoms with Crippen LogP contribution >= 0.6 is 0 Å². The second-order valence-electron chi connectivity index (χ2n) is 3.33. The lowest BCUT2D eigenvalue weighted by Gasteiger charge is -2.19. The zero-order chi connectivity index (χ0) is 7.56. The fraction of sp³-hybridized carbons (Fsp3) is 1.00. The van der Waals surface area contributed by atoms with Crippen LogP contribution in [0.4, 0.5) is 0 Å². The zero-order valence-electron chi connectivity index (χ0n) is 7.22. The fourth-order valence-corrected chi connectivity index (χ4v) is 1.71. The molecule has 2 heteroatoms. The van der Waals surface area contributed by atoms with Crippen LogP contribution in [0.1, 0.15) is 13.3 Å². The smallest absolute Gasteiger partial charge is 0.0105 e. The summed E-state index contributed by atoms with van der Waals surface area (Å²) in [6.07, 6.45) is 1.36. The van der Waals surface area contributed by atoms with Crippen molar-refractivity contribution >= 4 is 0 Å². The molecule has 1 heterocycles. The Bertz CT molecular complexity index is 101. The molecular formula is C8H18N2. The molecule has 0 aromatic heterocycles. The average molecular weight is 142 g/mol. The molecule has 2 nitrogen and oxygen atoms in total. The molecule has 0 amide bonds. The molecule has 1 saturated heterocycles. The summed E-state index contributed by atoms with van der Waals surface area (Å²) in [6.45, 7) is 4.76. The molecular weight excluding hydrogens is 124 g/mol. The van der Waals surface area contributed by atoms with Crippen molar-refractivity contribution in [1.29, 1.82) is 0 Å². The number of rotatable bonds is 2. The van der Waals surface area contributed by atoms with Crippen molar-refractivity contribution in [3.8, 4) is 0 Å². The van der Waals surface area contributed by atoms with E-state index >= 15 is 0 Å². The van der Waals surface area contributed by atoms with Crippen molar-refractivity contribution in [2.75, 3.05) is 27.2 Å². The van der Waals surface area contributed by atoms with Gasteiger partial charge in [0.25, 0.3) is 0 Å². The van der Waals surface area contributed by atoms with Crippen LogP contribution in [-0.2, 0) is 0 Å². The van der Waals surface area contributed by atoms with Crippen molar-refractivity contribution < 1.29 is 0 Å². The van der Waals surface area contributed by atoms with Gasteiger partial charge in [-0.1, -0.05) is 0 Å². The number of nitrogens with one attached hydrogen (secondary N) is 1. The molecule has 2 atom stereocenters. The predicted octanol–water partition coefficient (Wildman–Crippen LogP) is 0.546. The Morgan fingerprint density at radius 3 is 2.70 bits per heavy atom. The number of nitrogens with zero attached hydrogens (tertiary/aromatic N) is 1. The first kappa shape index (κ1) is 8.02. The maximum Gasteiger partial charge on any atom is 0.0105 e. The van der Waals surface area contributed by atoms with Crippen molar-refractivity contribution in [3.63, 3.8) is 0 Å². The largest absolute Gasteiger partial charge is 0.319 e. The van der Waals surface area contributed by atoms with Gasteiger partial charge in [0.15, 0.2) is 0 Å². The summed E-state index contributed by atoms with van der Waals surface area (Å²) in [6, 6.07) is 0.771. The first-order valence-corrected chi connectivity index (χ1v) is 4.10. The Kier molecular flexibility index (Phi) is 2.69. The Morgan fingerprint density at radius 1 is 1.60 bits per heavy atom. The van der Waals surface area contributed by atoms with E-state index in [0.29, 0.717) is 0 Å². The Balaban J connectivity index is 2.33. The highest BCUT2D eigenvalue weighted by Gasteiger charge is 2.26. The summed E-state index contributed by atoms with van der Waals surface area (Å²) >= 11 is 0. The molecule has 10 heavy (non-hydrogen) atoms. The number of likely N-dealkylation sites (tertiary alicyclic amines) is 1. The molecule has 0 spiro atoms. The summed E-state index contributed by atoms with van der Waals surface area (Å²) < 4.78 is 0. The highest BCUT2D eigenvalue weighted by molar-refractivity contribution is 4.82. The molecule has 0 saturated carbocycles. The van der Waals surface area contributed by atoms with E-state index in [2.05, 4.69) is 24.2 Å². The summed E-state index contributed by atoms with van der Waals surface area (Å²) in [5, 5.41) is 3.23. The topological polar surface area (TPSA) is 15.3 Å². The predicted molar refractivity (Wildman–Crippen MR) is 44.1 cm³/mol. The minimum atomic E-state index is 0.771. The molecule has 1 aliphatic rings. The van der Waals surface area contributed by atoms with E-state index in [1.165, 1.54) is 19.5 Å². The molecule has 60 valence electrons. The van der Waals surface area contributed by atoms with Gasteiger partial charge in [0.2, 0.25) is 0 Å². The molecule has 0 bridgehead atoms. The third kappa shape index (κ3) is 1.50. The molecule has 0 aliphatic carbocycles. The summed E-state index contributed by atoms with van der Waals surface area (Å²) in [4.78, 5) is 2.43. The van der Waals surface area contributed by atoms with E-state index in [4.69, 9.17) is 0 Å². The zero-order valence-corrected chi connectivity index (χ0v) is 7.22. The maximum atomic E-state index is 3.23. The summed E-state index contributed by atoms with van der Waals surface area (Å²) in [7, 11) is 4.24. The number of hydrogen-bond acceptors (Lipinski definition) is 2. The molecule has 0 radical (unpaired) electrons. The first-order valence-electron chi connectivity index (χ1n) is 4.10. The molecule has 0 aromatic rings. The fourth-order valence-electron chi connectivity index (χ4n) is 1.71. The third-order valence-electron chi connectivity index (χ3n) is 2.70. The molecule has 1 unspecified atom stereocenters. The van der Waals surface area contributed by atoms with Gasteiger partial charge in [-0.15, -0.1) is 0 Å². The minimum absolute atomic E-state index is 0.771. The standard InChI is InChI=1S/C8H18N2/c1-7-8(6-9-2)4-5-10(7)3/h7-9H,4-6H2,1-3H3/t7-,8?/m0/s1. The lowest BCUT2D eigenvalue weighted by molar-refractivity contribution is 0.290. The Hall–Kier alpha value is -0.0800. The highest BCUT2D eigenvalue weighted by Crippen LogP contribution is 2.20. The quantitative estimate of drug-likeness (QED) is 0.605. The van der Waals surface area contributed by atoms with E-state index in [0.717, 1.165) is 12.0 Å². The van der Waals surface area contributed by atoms with Crippen molar-refractivity contribution in [3.05, 3.63) is 0 Å². The van der Waals surface area contributed by atoms with Crippen LogP contribution < -0.4 is 5.32 Å². The van der Waals surface area contributed by atoms with Gasteiger partial charge in [0, 0.05) is 6.04 Å². The van der Waals surface area contributed by atoms with Gasteiger partial charge in [0.05, 0.1) is 0 Å². The van der Waals surface area contributed by atoms with Crippen molar-refractivity contribution in [2.24, 2.45) is 5.92 Å². The average Bonchev–Trinajstić information content (AvgIpc) is 2.20. The van der Waals surface area contributed by atoms with Gasteiger partial charge in [-0.3, -0.25) is 0 Å². The first-order chi connectivity index (χ1) is 4.75. The van der Waals surface area contributed by atoms with Gasteiger partial charge in [-0.25, -0.2) is 0 Å². The molecule has 0 aromatic carbocycles. The van der Waals surface area contributed by atoms with Crippen LogP contribution in [0.3, 0.4) is 0 Å². The van der Waals surface area contributed by atoms with Crippen LogP contribution in [-0.4, -0.2) is 38.1 Å². The normalized spacial score (nSPS) is 35.1. The number of hydrogen-bond donors (Lipinski definition) is 1. The van der Waals surface area contributed by atoms with Gasteiger partial charge in [-0.05, 0) is 46.4 Å². The maximum absolute atomic E-state index is 3.23. The minimum Gasteiger partial charge on any atom is -0.319 e. The van der Waals surface area contributed by atoms with Crippen LogP contribution in [0.5, 0.6) is 0 Å². The molecule has 1 rings (SSSR count). The van der Waals surface area contributed by atoms with Gasteiger partial charge >= 0.3 is 0 Å². The molecule has 1 fully saturated rings. The second kappa shape index (κ2) is 3.35. The highest BCUT2D eigenvalue weighted by atomic mass is 15.2. The van der Waals surface area contributed by atoms with E-state index in [1.54, 1.807) is 0 Å². The van der Waals surface area contributed by atoms with Crippen LogP contribution in [0.25, 0.3) is 0 Å². The van der Waals surface area contributed by atoms with E-state index in [9.17, 15) is 0 Å². The molecule has 1 N–H and O–H groups in total. The Morgan fingerprint density at radius 2 is 2.30 bits per heavy atom. The van der Waals surface area contributed by atoms with Crippen LogP contribution in [0.2, 0.25) is 0 Å². The summed E-state index contributed by atoms with van der Waals surface area (Å²) in [5.41, 5.74) is 0. The van der Waals surface area contributed by atoms with Gasteiger partial charge in [-0.2, -0.15) is 0 Å². The van der Waals surface area contributed by atoms with E-state index in [-0.39, 0.29) is 0 Å². The van der Waals surface area contributed by atoms with E-state index in [1.807, 2.05) is 7.05 Å². The molecule has 1 aliphatic heterocycles.